The Morgan fingerprint density at radius 2 is 1.61 bits per heavy atom. The van der Waals surface area contributed by atoms with Gasteiger partial charge < -0.3 is 5.32 Å². The Morgan fingerprint density at radius 3 is 2.32 bits per heavy atom. The summed E-state index contributed by atoms with van der Waals surface area (Å²) in [5.41, 5.74) is 1.39. The molecule has 0 bridgehead atoms. The zero-order valence-corrected chi connectivity index (χ0v) is 17.0. The molecule has 0 aliphatic carbocycles. The number of nitrogens with one attached hydrogen (secondary N) is 1. The van der Waals surface area contributed by atoms with Gasteiger partial charge in [-0.1, -0.05) is 72.8 Å². The van der Waals surface area contributed by atoms with Crippen molar-refractivity contribution in [3.05, 3.63) is 125 Å². The molecule has 1 N–H and O–H groups in total. The van der Waals surface area contributed by atoms with Crippen molar-refractivity contribution in [3.63, 3.8) is 0 Å². The maximum absolute atomic E-state index is 13.2. The minimum atomic E-state index is -0.523. The first-order valence-electron chi connectivity index (χ1n) is 10.2. The van der Waals surface area contributed by atoms with Crippen molar-refractivity contribution >= 4 is 16.7 Å². The van der Waals surface area contributed by atoms with Crippen LogP contribution in [0.1, 0.15) is 22.0 Å². The standard InChI is InChI=1S/C26H23N3O2/c1-2-24(29-26(31)22-16-10-9-15-21(22)18-27-29)23(17-19-11-5-3-6-12-19)28-25(30)20-13-7-4-8-14-20/h2-16,18,23-24H,1,17H2,(H,28,30)/t23-,24-/m0/s1. The van der Waals surface area contributed by atoms with Gasteiger partial charge in [0.15, 0.2) is 0 Å². The van der Waals surface area contributed by atoms with Gasteiger partial charge in [-0.2, -0.15) is 5.10 Å². The third kappa shape index (κ3) is 4.46. The third-order valence-corrected chi connectivity index (χ3v) is 5.31. The Hall–Kier alpha value is -3.99. The van der Waals surface area contributed by atoms with Gasteiger partial charge in [0.05, 0.1) is 23.7 Å². The lowest BCUT2D eigenvalue weighted by Crippen LogP contribution is -2.45. The monoisotopic (exact) mass is 409 g/mol. The Labute approximate surface area is 180 Å². The highest BCUT2D eigenvalue weighted by Crippen LogP contribution is 2.18. The summed E-state index contributed by atoms with van der Waals surface area (Å²) < 4.78 is 1.41. The molecule has 0 aliphatic rings. The van der Waals surface area contributed by atoms with E-state index in [0.717, 1.165) is 10.9 Å². The smallest absolute Gasteiger partial charge is 0.275 e. The molecule has 0 saturated carbocycles. The molecule has 4 aromatic rings. The molecule has 0 saturated heterocycles. The second kappa shape index (κ2) is 9.22. The Morgan fingerprint density at radius 1 is 0.968 bits per heavy atom. The lowest BCUT2D eigenvalue weighted by Gasteiger charge is -2.27. The van der Waals surface area contributed by atoms with Crippen LogP contribution in [0.3, 0.4) is 0 Å². The SMILES string of the molecule is C=C[C@@H]([C@H](Cc1ccccc1)NC(=O)c1ccccc1)n1ncc2ccccc2c1=O. The molecular weight excluding hydrogens is 386 g/mol. The van der Waals surface area contributed by atoms with E-state index in [1.807, 2.05) is 66.7 Å². The summed E-state index contributed by atoms with van der Waals surface area (Å²) in [5.74, 6) is -0.206. The van der Waals surface area contributed by atoms with Crippen LogP contribution in [-0.4, -0.2) is 21.7 Å². The van der Waals surface area contributed by atoms with E-state index in [1.165, 1.54) is 4.68 Å². The molecule has 154 valence electrons. The van der Waals surface area contributed by atoms with E-state index in [1.54, 1.807) is 30.5 Å². The number of fused-ring (bicyclic) bond motifs is 1. The maximum Gasteiger partial charge on any atom is 0.275 e. The average Bonchev–Trinajstić information content (AvgIpc) is 2.82. The molecule has 31 heavy (non-hydrogen) atoms. The average molecular weight is 409 g/mol. The van der Waals surface area contributed by atoms with Crippen molar-refractivity contribution in [2.24, 2.45) is 0 Å². The fourth-order valence-electron chi connectivity index (χ4n) is 3.72. The normalized spacial score (nSPS) is 12.8. The highest BCUT2D eigenvalue weighted by Gasteiger charge is 2.25. The zero-order valence-electron chi connectivity index (χ0n) is 17.0. The lowest BCUT2D eigenvalue weighted by atomic mass is 9.98. The number of carbonyl (C=O) groups excluding carboxylic acids is 1. The van der Waals surface area contributed by atoms with Crippen LogP contribution >= 0.6 is 0 Å². The maximum atomic E-state index is 13.2. The van der Waals surface area contributed by atoms with Crippen molar-refractivity contribution < 1.29 is 4.79 Å². The second-order valence-electron chi connectivity index (χ2n) is 7.34. The van der Waals surface area contributed by atoms with Gasteiger partial charge >= 0.3 is 0 Å². The van der Waals surface area contributed by atoms with Crippen LogP contribution in [0.2, 0.25) is 0 Å². The minimum absolute atomic E-state index is 0.206. The van der Waals surface area contributed by atoms with Crippen LogP contribution in [0.25, 0.3) is 10.8 Å². The molecule has 5 nitrogen and oxygen atoms in total. The summed E-state index contributed by atoms with van der Waals surface area (Å²) in [6, 6.07) is 25.3. The predicted octanol–water partition coefficient (Wildman–Crippen LogP) is 4.16. The molecule has 1 amide bonds. The van der Waals surface area contributed by atoms with Crippen molar-refractivity contribution in [2.75, 3.05) is 0 Å². The molecule has 2 atom stereocenters. The summed E-state index contributed by atoms with van der Waals surface area (Å²) in [6.07, 6.45) is 3.87. The molecule has 0 spiro atoms. The molecule has 0 fully saturated rings. The molecule has 3 aromatic carbocycles. The summed E-state index contributed by atoms with van der Waals surface area (Å²) in [5, 5.41) is 8.86. The van der Waals surface area contributed by atoms with Crippen molar-refractivity contribution in [1.82, 2.24) is 15.1 Å². The van der Waals surface area contributed by atoms with Gasteiger partial charge in [-0.3, -0.25) is 9.59 Å². The van der Waals surface area contributed by atoms with Crippen LogP contribution in [0.5, 0.6) is 0 Å². The number of nitrogens with zero attached hydrogens (tertiary/aromatic N) is 2. The number of rotatable bonds is 7. The third-order valence-electron chi connectivity index (χ3n) is 5.31. The van der Waals surface area contributed by atoms with Crippen molar-refractivity contribution in [2.45, 2.75) is 18.5 Å². The molecular formula is C26H23N3O2. The summed E-state index contributed by atoms with van der Waals surface area (Å²) >= 11 is 0. The fourth-order valence-corrected chi connectivity index (χ4v) is 3.72. The number of aromatic nitrogens is 2. The van der Waals surface area contributed by atoms with E-state index in [0.29, 0.717) is 17.4 Å². The summed E-state index contributed by atoms with van der Waals surface area (Å²) in [4.78, 5) is 26.1. The minimum Gasteiger partial charge on any atom is -0.346 e. The van der Waals surface area contributed by atoms with Gasteiger partial charge in [-0.25, -0.2) is 4.68 Å². The molecule has 4 rings (SSSR count). The van der Waals surface area contributed by atoms with Crippen LogP contribution in [0.4, 0.5) is 0 Å². The second-order valence-corrected chi connectivity index (χ2v) is 7.34. The van der Waals surface area contributed by atoms with Gasteiger partial charge in [-0.15, -0.1) is 6.58 Å². The number of hydrogen-bond acceptors (Lipinski definition) is 3. The number of amides is 1. The van der Waals surface area contributed by atoms with E-state index >= 15 is 0 Å². The summed E-state index contributed by atoms with van der Waals surface area (Å²) in [7, 11) is 0. The Kier molecular flexibility index (Phi) is 6.03. The molecule has 5 heteroatoms. The first kappa shape index (κ1) is 20.3. The molecule has 0 aliphatic heterocycles. The molecule has 1 aromatic heterocycles. The van der Waals surface area contributed by atoms with E-state index in [4.69, 9.17) is 0 Å². The van der Waals surface area contributed by atoms with E-state index in [9.17, 15) is 9.59 Å². The molecule has 1 heterocycles. The predicted molar refractivity (Wildman–Crippen MR) is 123 cm³/mol. The van der Waals surface area contributed by atoms with Gasteiger partial charge in [0.2, 0.25) is 0 Å². The van der Waals surface area contributed by atoms with Crippen LogP contribution < -0.4 is 10.9 Å². The lowest BCUT2D eigenvalue weighted by molar-refractivity contribution is 0.0926. The van der Waals surface area contributed by atoms with Gasteiger partial charge in [0.25, 0.3) is 11.5 Å². The zero-order chi connectivity index (χ0) is 21.6. The molecule has 0 radical (unpaired) electrons. The molecule has 0 unspecified atom stereocenters. The van der Waals surface area contributed by atoms with E-state index < -0.39 is 12.1 Å². The summed E-state index contributed by atoms with van der Waals surface area (Å²) in [6.45, 7) is 3.95. The first-order chi connectivity index (χ1) is 15.2. The fraction of sp³-hybridized carbons (Fsp3) is 0.115. The largest absolute Gasteiger partial charge is 0.346 e. The van der Waals surface area contributed by atoms with Gasteiger partial charge in [0, 0.05) is 10.9 Å². The van der Waals surface area contributed by atoms with Gasteiger partial charge in [0.1, 0.15) is 0 Å². The van der Waals surface area contributed by atoms with Crippen molar-refractivity contribution in [1.29, 1.82) is 0 Å². The van der Waals surface area contributed by atoms with Crippen LogP contribution in [0, 0.1) is 0 Å². The van der Waals surface area contributed by atoms with Crippen molar-refractivity contribution in [3.8, 4) is 0 Å². The van der Waals surface area contributed by atoms with Crippen LogP contribution in [0.15, 0.2) is 109 Å². The highest BCUT2D eigenvalue weighted by molar-refractivity contribution is 5.94. The van der Waals surface area contributed by atoms with E-state index in [-0.39, 0.29) is 11.5 Å². The number of hydrogen-bond donors (Lipinski definition) is 1. The van der Waals surface area contributed by atoms with Crippen LogP contribution in [-0.2, 0) is 6.42 Å². The van der Waals surface area contributed by atoms with E-state index in [2.05, 4.69) is 17.0 Å². The highest BCUT2D eigenvalue weighted by atomic mass is 16.2. The quantitative estimate of drug-likeness (QED) is 0.466. The Bertz CT molecular complexity index is 1250. The number of benzene rings is 3. The van der Waals surface area contributed by atoms with Gasteiger partial charge in [-0.05, 0) is 30.2 Å². The first-order valence-corrected chi connectivity index (χ1v) is 10.2. The topological polar surface area (TPSA) is 64.0 Å². The Balaban J connectivity index is 1.73. The number of carbonyl (C=O) groups is 1.